The fraction of sp³-hybridized carbons (Fsp3) is 0.333. The van der Waals surface area contributed by atoms with Crippen molar-refractivity contribution < 1.29 is 9.59 Å². The largest absolute Gasteiger partial charge is 0.369 e. The van der Waals surface area contributed by atoms with Crippen molar-refractivity contribution in [2.24, 2.45) is 5.73 Å². The van der Waals surface area contributed by atoms with E-state index in [0.29, 0.717) is 6.54 Å². The normalized spacial score (nSPS) is 17.9. The first-order valence-corrected chi connectivity index (χ1v) is 5.48. The standard InChI is InChI=1S/C12H15N3O2/c1-14-6-11(16)15-7-9(12(13)17)8-4-2-3-5-10(8)15/h2-5,9,14H,6-7H2,1H3,(H2,13,17). The van der Waals surface area contributed by atoms with Gasteiger partial charge in [-0.2, -0.15) is 0 Å². The van der Waals surface area contributed by atoms with E-state index in [-0.39, 0.29) is 12.5 Å². The van der Waals surface area contributed by atoms with E-state index in [1.807, 2.05) is 24.3 Å². The van der Waals surface area contributed by atoms with Crippen LogP contribution >= 0.6 is 0 Å². The summed E-state index contributed by atoms with van der Waals surface area (Å²) in [4.78, 5) is 24.9. The SMILES string of the molecule is CNCC(=O)N1CC(C(N)=O)c2ccccc21. The molecule has 17 heavy (non-hydrogen) atoms. The summed E-state index contributed by atoms with van der Waals surface area (Å²) < 4.78 is 0. The molecule has 1 heterocycles. The topological polar surface area (TPSA) is 75.4 Å². The molecule has 0 radical (unpaired) electrons. The maximum absolute atomic E-state index is 11.9. The van der Waals surface area contributed by atoms with Crippen LogP contribution in [0.3, 0.4) is 0 Å². The number of carbonyl (C=O) groups is 2. The third-order valence-corrected chi connectivity index (χ3v) is 2.94. The van der Waals surface area contributed by atoms with Crippen LogP contribution in [0.4, 0.5) is 5.69 Å². The number of nitrogens with one attached hydrogen (secondary N) is 1. The number of rotatable bonds is 3. The molecule has 1 aliphatic rings. The van der Waals surface area contributed by atoms with E-state index >= 15 is 0 Å². The van der Waals surface area contributed by atoms with Crippen molar-refractivity contribution in [3.05, 3.63) is 29.8 Å². The van der Waals surface area contributed by atoms with Crippen molar-refractivity contribution in [2.45, 2.75) is 5.92 Å². The van der Waals surface area contributed by atoms with Gasteiger partial charge in [0.2, 0.25) is 11.8 Å². The van der Waals surface area contributed by atoms with Crippen LogP contribution in [-0.4, -0.2) is 32.0 Å². The Balaban J connectivity index is 2.34. The van der Waals surface area contributed by atoms with Gasteiger partial charge in [-0.3, -0.25) is 9.59 Å². The van der Waals surface area contributed by atoms with Gasteiger partial charge in [-0.25, -0.2) is 0 Å². The zero-order valence-electron chi connectivity index (χ0n) is 9.64. The second kappa shape index (κ2) is 4.55. The van der Waals surface area contributed by atoms with Crippen molar-refractivity contribution in [1.29, 1.82) is 0 Å². The fourth-order valence-electron chi connectivity index (χ4n) is 2.13. The molecule has 2 rings (SSSR count). The second-order valence-electron chi connectivity index (χ2n) is 4.05. The Hall–Kier alpha value is -1.88. The molecule has 1 unspecified atom stereocenters. The average Bonchev–Trinajstić information content (AvgIpc) is 2.69. The van der Waals surface area contributed by atoms with E-state index in [1.165, 1.54) is 0 Å². The highest BCUT2D eigenvalue weighted by molar-refractivity contribution is 6.00. The molecule has 0 saturated carbocycles. The molecule has 1 aliphatic heterocycles. The van der Waals surface area contributed by atoms with Gasteiger partial charge in [0.1, 0.15) is 0 Å². The summed E-state index contributed by atoms with van der Waals surface area (Å²) in [6, 6.07) is 7.38. The number of anilines is 1. The maximum atomic E-state index is 11.9. The number of hydrogen-bond donors (Lipinski definition) is 2. The first-order chi connectivity index (χ1) is 8.15. The number of primary amides is 1. The molecule has 0 aliphatic carbocycles. The highest BCUT2D eigenvalue weighted by Crippen LogP contribution is 2.35. The van der Waals surface area contributed by atoms with Crippen LogP contribution in [-0.2, 0) is 9.59 Å². The van der Waals surface area contributed by atoms with Gasteiger partial charge in [0.25, 0.3) is 0 Å². The Morgan fingerprint density at radius 2 is 2.18 bits per heavy atom. The van der Waals surface area contributed by atoms with Crippen molar-refractivity contribution in [1.82, 2.24) is 5.32 Å². The fourth-order valence-corrected chi connectivity index (χ4v) is 2.13. The van der Waals surface area contributed by atoms with E-state index in [2.05, 4.69) is 5.32 Å². The number of fused-ring (bicyclic) bond motifs is 1. The summed E-state index contributed by atoms with van der Waals surface area (Å²) in [5.41, 5.74) is 6.98. The molecule has 1 aromatic carbocycles. The first kappa shape index (κ1) is 11.6. The van der Waals surface area contributed by atoms with Crippen LogP contribution in [0.5, 0.6) is 0 Å². The second-order valence-corrected chi connectivity index (χ2v) is 4.05. The molecule has 90 valence electrons. The zero-order valence-corrected chi connectivity index (χ0v) is 9.64. The average molecular weight is 233 g/mol. The first-order valence-electron chi connectivity index (χ1n) is 5.48. The number of benzene rings is 1. The Labute approximate surface area is 99.6 Å². The third-order valence-electron chi connectivity index (χ3n) is 2.94. The predicted octanol–water partition coefficient (Wildman–Crippen LogP) is -0.179. The van der Waals surface area contributed by atoms with E-state index in [0.717, 1.165) is 11.3 Å². The molecule has 0 spiro atoms. The molecule has 3 N–H and O–H groups in total. The Morgan fingerprint density at radius 3 is 2.82 bits per heavy atom. The molecule has 5 nitrogen and oxygen atoms in total. The maximum Gasteiger partial charge on any atom is 0.240 e. The molecule has 0 aromatic heterocycles. The summed E-state index contributed by atoms with van der Waals surface area (Å²) in [6.45, 7) is 0.592. The highest BCUT2D eigenvalue weighted by atomic mass is 16.2. The molecule has 5 heteroatoms. The summed E-state index contributed by atoms with van der Waals surface area (Å²) in [7, 11) is 1.71. The minimum atomic E-state index is -0.396. The highest BCUT2D eigenvalue weighted by Gasteiger charge is 2.34. The van der Waals surface area contributed by atoms with Crippen molar-refractivity contribution in [3.8, 4) is 0 Å². The van der Waals surface area contributed by atoms with E-state index in [1.54, 1.807) is 11.9 Å². The van der Waals surface area contributed by atoms with Crippen LogP contribution in [0.1, 0.15) is 11.5 Å². The smallest absolute Gasteiger partial charge is 0.240 e. The molecular formula is C12H15N3O2. The van der Waals surface area contributed by atoms with Gasteiger partial charge in [0.15, 0.2) is 0 Å². The van der Waals surface area contributed by atoms with Gasteiger partial charge < -0.3 is 16.0 Å². The number of amides is 2. The minimum Gasteiger partial charge on any atom is -0.369 e. The lowest BCUT2D eigenvalue weighted by molar-refractivity contribution is -0.119. The van der Waals surface area contributed by atoms with Gasteiger partial charge >= 0.3 is 0 Å². The number of nitrogens with zero attached hydrogens (tertiary/aromatic N) is 1. The molecule has 2 amide bonds. The lowest BCUT2D eigenvalue weighted by Crippen LogP contribution is -2.37. The van der Waals surface area contributed by atoms with Gasteiger partial charge in [0, 0.05) is 12.2 Å². The molecular weight excluding hydrogens is 218 g/mol. The number of hydrogen-bond acceptors (Lipinski definition) is 3. The van der Waals surface area contributed by atoms with Gasteiger partial charge in [-0.05, 0) is 18.7 Å². The molecule has 1 atom stereocenters. The summed E-state index contributed by atoms with van der Waals surface area (Å²) in [5.74, 6) is -0.840. The van der Waals surface area contributed by atoms with E-state index in [9.17, 15) is 9.59 Å². The van der Waals surface area contributed by atoms with Crippen LogP contribution in [0.25, 0.3) is 0 Å². The number of para-hydroxylation sites is 1. The predicted molar refractivity (Wildman–Crippen MR) is 64.7 cm³/mol. The monoisotopic (exact) mass is 233 g/mol. The van der Waals surface area contributed by atoms with Crippen molar-refractivity contribution in [3.63, 3.8) is 0 Å². The zero-order chi connectivity index (χ0) is 12.4. The Morgan fingerprint density at radius 1 is 1.47 bits per heavy atom. The number of carbonyl (C=O) groups excluding carboxylic acids is 2. The Kier molecular flexibility index (Phi) is 3.10. The summed E-state index contributed by atoms with van der Waals surface area (Å²) >= 11 is 0. The van der Waals surface area contributed by atoms with Gasteiger partial charge in [-0.15, -0.1) is 0 Å². The quantitative estimate of drug-likeness (QED) is 0.760. The number of likely N-dealkylation sites (N-methyl/N-ethyl adjacent to an activating group) is 1. The van der Waals surface area contributed by atoms with Crippen LogP contribution in [0, 0.1) is 0 Å². The molecule has 1 aromatic rings. The lowest BCUT2D eigenvalue weighted by atomic mass is 10.0. The van der Waals surface area contributed by atoms with Crippen LogP contribution in [0.2, 0.25) is 0 Å². The van der Waals surface area contributed by atoms with Gasteiger partial charge in [0.05, 0.1) is 12.5 Å². The van der Waals surface area contributed by atoms with E-state index < -0.39 is 11.8 Å². The number of nitrogens with two attached hydrogens (primary N) is 1. The van der Waals surface area contributed by atoms with Crippen molar-refractivity contribution in [2.75, 3.05) is 25.0 Å². The molecule has 0 saturated heterocycles. The van der Waals surface area contributed by atoms with Gasteiger partial charge in [-0.1, -0.05) is 18.2 Å². The summed E-state index contributed by atoms with van der Waals surface area (Å²) in [6.07, 6.45) is 0. The Bertz CT molecular complexity index is 459. The van der Waals surface area contributed by atoms with E-state index in [4.69, 9.17) is 5.73 Å². The summed E-state index contributed by atoms with van der Waals surface area (Å²) in [5, 5.41) is 2.81. The minimum absolute atomic E-state index is 0.0521. The molecule has 0 bridgehead atoms. The lowest BCUT2D eigenvalue weighted by Gasteiger charge is -2.17. The van der Waals surface area contributed by atoms with Crippen LogP contribution in [0.15, 0.2) is 24.3 Å². The van der Waals surface area contributed by atoms with Crippen molar-refractivity contribution >= 4 is 17.5 Å². The molecule has 0 fully saturated rings. The van der Waals surface area contributed by atoms with Crippen LogP contribution < -0.4 is 16.0 Å². The third kappa shape index (κ3) is 2.01.